The Bertz CT molecular complexity index is 1250. The van der Waals surface area contributed by atoms with E-state index in [0.717, 1.165) is 39.5 Å². The average molecular weight is 410 g/mol. The highest BCUT2D eigenvalue weighted by Crippen LogP contribution is 2.42. The molecule has 4 aromatic rings. The van der Waals surface area contributed by atoms with Crippen molar-refractivity contribution in [3.05, 3.63) is 81.9 Å². The Balaban J connectivity index is 1.78. The smallest absolute Gasteiger partial charge is 0.141 e. The molecule has 28 heavy (non-hydrogen) atoms. The Morgan fingerprint density at radius 1 is 1.04 bits per heavy atom. The van der Waals surface area contributed by atoms with Crippen LogP contribution in [-0.4, -0.2) is 19.3 Å². The summed E-state index contributed by atoms with van der Waals surface area (Å²) in [7, 11) is 2.04. The Morgan fingerprint density at radius 2 is 1.86 bits per heavy atom. The fourth-order valence-electron chi connectivity index (χ4n) is 3.87. The second-order valence-electron chi connectivity index (χ2n) is 6.88. The number of imidazole rings is 1. The van der Waals surface area contributed by atoms with E-state index in [1.165, 1.54) is 0 Å². The van der Waals surface area contributed by atoms with E-state index in [4.69, 9.17) is 28.2 Å². The fourth-order valence-corrected chi connectivity index (χ4v) is 4.18. The van der Waals surface area contributed by atoms with Gasteiger partial charge in [-0.15, -0.1) is 0 Å². The first-order valence-electron chi connectivity index (χ1n) is 8.92. The molecule has 0 saturated heterocycles. The van der Waals surface area contributed by atoms with Gasteiger partial charge >= 0.3 is 0 Å². The minimum absolute atomic E-state index is 0.170. The molecule has 1 aliphatic rings. The number of rotatable bonds is 2. The summed E-state index contributed by atoms with van der Waals surface area (Å²) >= 11 is 12.5. The van der Waals surface area contributed by atoms with Crippen LogP contribution in [-0.2, 0) is 7.05 Å². The van der Waals surface area contributed by atoms with Crippen LogP contribution in [0.15, 0.2) is 60.4 Å². The molecule has 1 atom stereocenters. The highest BCUT2D eigenvalue weighted by atomic mass is 35.5. The molecule has 0 aliphatic carbocycles. The number of anilines is 1. The predicted molar refractivity (Wildman–Crippen MR) is 114 cm³/mol. The van der Waals surface area contributed by atoms with Crippen LogP contribution in [0.1, 0.15) is 24.4 Å². The molecule has 140 valence electrons. The molecule has 7 heteroatoms. The number of fused-ring (bicyclic) bond motifs is 2. The average Bonchev–Trinajstić information content (AvgIpc) is 3.27. The number of allylic oxidation sites excluding steroid dienone is 2. The zero-order valence-corrected chi connectivity index (χ0v) is 16.8. The van der Waals surface area contributed by atoms with E-state index in [2.05, 4.69) is 28.0 Å². The van der Waals surface area contributed by atoms with Crippen LogP contribution < -0.4 is 5.32 Å². The minimum atomic E-state index is -0.170. The molecule has 2 aromatic heterocycles. The third-order valence-electron chi connectivity index (χ3n) is 5.20. The molecule has 1 aliphatic heterocycles. The molecule has 5 nitrogen and oxygen atoms in total. The maximum Gasteiger partial charge on any atom is 0.141 e. The number of aromatic nitrogens is 4. The summed E-state index contributed by atoms with van der Waals surface area (Å²) in [6, 6.07) is 15.6. The molecule has 1 N–H and O–H groups in total. The minimum Gasteiger partial charge on any atom is -0.344 e. The lowest BCUT2D eigenvalue weighted by molar-refractivity contribution is 0.613. The molecule has 2 aromatic carbocycles. The highest BCUT2D eigenvalue weighted by Gasteiger charge is 2.32. The second kappa shape index (κ2) is 6.40. The van der Waals surface area contributed by atoms with Gasteiger partial charge in [0, 0.05) is 24.4 Å². The summed E-state index contributed by atoms with van der Waals surface area (Å²) in [4.78, 5) is 4.92. The Morgan fingerprint density at radius 3 is 2.64 bits per heavy atom. The maximum absolute atomic E-state index is 6.35. The second-order valence-corrected chi connectivity index (χ2v) is 7.70. The Hall–Kier alpha value is -2.76. The Kier molecular flexibility index (Phi) is 3.96. The van der Waals surface area contributed by atoms with E-state index in [1.807, 2.05) is 54.2 Å². The summed E-state index contributed by atoms with van der Waals surface area (Å²) < 4.78 is 4.08. The zero-order chi connectivity index (χ0) is 19.4. The van der Waals surface area contributed by atoms with Crippen LogP contribution in [0.2, 0.25) is 10.0 Å². The van der Waals surface area contributed by atoms with E-state index >= 15 is 0 Å². The van der Waals surface area contributed by atoms with Gasteiger partial charge < -0.3 is 9.88 Å². The molecule has 0 radical (unpaired) electrons. The lowest BCUT2D eigenvalue weighted by Gasteiger charge is -2.30. The van der Waals surface area contributed by atoms with Gasteiger partial charge in [-0.3, -0.25) is 0 Å². The van der Waals surface area contributed by atoms with Gasteiger partial charge in [-0.05, 0) is 36.8 Å². The summed E-state index contributed by atoms with van der Waals surface area (Å²) in [5.74, 6) is 1.82. The molecule has 0 fully saturated rings. The van der Waals surface area contributed by atoms with Crippen molar-refractivity contribution in [2.75, 3.05) is 5.32 Å². The third kappa shape index (κ3) is 2.54. The first-order chi connectivity index (χ1) is 13.5. The molecular weight excluding hydrogens is 393 g/mol. The van der Waals surface area contributed by atoms with E-state index in [1.54, 1.807) is 6.20 Å². The summed E-state index contributed by atoms with van der Waals surface area (Å²) in [5.41, 5.74) is 5.12. The van der Waals surface area contributed by atoms with Gasteiger partial charge in [-0.2, -0.15) is 5.10 Å². The van der Waals surface area contributed by atoms with Gasteiger partial charge in [0.1, 0.15) is 17.7 Å². The first-order valence-corrected chi connectivity index (χ1v) is 9.68. The number of hydrogen-bond donors (Lipinski definition) is 1. The van der Waals surface area contributed by atoms with Gasteiger partial charge in [0.05, 0.1) is 27.3 Å². The van der Waals surface area contributed by atoms with Crippen molar-refractivity contribution in [1.29, 1.82) is 0 Å². The van der Waals surface area contributed by atoms with Crippen molar-refractivity contribution in [2.45, 2.75) is 13.0 Å². The van der Waals surface area contributed by atoms with Gasteiger partial charge in [0.15, 0.2) is 0 Å². The van der Waals surface area contributed by atoms with Crippen molar-refractivity contribution in [3.63, 3.8) is 0 Å². The van der Waals surface area contributed by atoms with Crippen LogP contribution in [0, 0.1) is 0 Å². The summed E-state index contributed by atoms with van der Waals surface area (Å²) in [5, 5.41) is 9.07. The number of halogens is 2. The lowest BCUT2D eigenvalue weighted by atomic mass is 9.95. The molecule has 5 rings (SSSR count). The first kappa shape index (κ1) is 17.3. The molecule has 0 saturated carbocycles. The predicted octanol–water partition coefficient (Wildman–Crippen LogP) is 5.52. The SMILES string of the molecule is CC1=C(c2nc3ccccc3n2C)C(c2ccc(Cl)c(Cl)c2)n2nccc2N1. The van der Waals surface area contributed by atoms with E-state index in [0.29, 0.717) is 10.0 Å². The fraction of sp³-hybridized carbons (Fsp3) is 0.143. The molecule has 3 heterocycles. The van der Waals surface area contributed by atoms with Crippen molar-refractivity contribution in [3.8, 4) is 0 Å². The standard InChI is InChI=1S/C21H17Cl2N5/c1-12-19(21-26-16-5-3-4-6-17(16)27(21)2)20(28-18(25-12)9-10-24-28)13-7-8-14(22)15(23)11-13/h3-11,20,25H,1-2H3. The molecule has 1 unspecified atom stereocenters. The van der Waals surface area contributed by atoms with E-state index < -0.39 is 0 Å². The van der Waals surface area contributed by atoms with Crippen molar-refractivity contribution >= 4 is 45.6 Å². The number of para-hydroxylation sites is 2. The van der Waals surface area contributed by atoms with Gasteiger partial charge in [0.25, 0.3) is 0 Å². The van der Waals surface area contributed by atoms with E-state index in [-0.39, 0.29) is 6.04 Å². The van der Waals surface area contributed by atoms with Crippen LogP contribution >= 0.6 is 23.2 Å². The number of nitrogens with zero attached hydrogens (tertiary/aromatic N) is 4. The summed E-state index contributed by atoms with van der Waals surface area (Å²) in [6.45, 7) is 2.07. The number of aryl methyl sites for hydroxylation is 1. The number of nitrogens with one attached hydrogen (secondary N) is 1. The summed E-state index contributed by atoms with van der Waals surface area (Å²) in [6.07, 6.45) is 1.79. The third-order valence-corrected chi connectivity index (χ3v) is 5.93. The number of hydrogen-bond acceptors (Lipinski definition) is 3. The molecular formula is C21H17Cl2N5. The number of benzene rings is 2. The van der Waals surface area contributed by atoms with Crippen molar-refractivity contribution < 1.29 is 0 Å². The monoisotopic (exact) mass is 409 g/mol. The topological polar surface area (TPSA) is 47.7 Å². The van der Waals surface area contributed by atoms with Gasteiger partial charge in [-0.25, -0.2) is 9.67 Å². The van der Waals surface area contributed by atoms with Gasteiger partial charge in [0.2, 0.25) is 0 Å². The highest BCUT2D eigenvalue weighted by molar-refractivity contribution is 6.42. The quantitative estimate of drug-likeness (QED) is 0.473. The zero-order valence-electron chi connectivity index (χ0n) is 15.3. The van der Waals surface area contributed by atoms with Crippen LogP contribution in [0.5, 0.6) is 0 Å². The lowest BCUT2D eigenvalue weighted by Crippen LogP contribution is -2.25. The van der Waals surface area contributed by atoms with Crippen LogP contribution in [0.25, 0.3) is 16.6 Å². The maximum atomic E-state index is 6.35. The van der Waals surface area contributed by atoms with Crippen molar-refractivity contribution in [2.24, 2.45) is 7.05 Å². The normalized spacial score (nSPS) is 16.4. The molecule has 0 amide bonds. The Labute approximate surface area is 172 Å². The van der Waals surface area contributed by atoms with Crippen LogP contribution in [0.3, 0.4) is 0 Å². The van der Waals surface area contributed by atoms with Crippen molar-refractivity contribution in [1.82, 2.24) is 19.3 Å². The van der Waals surface area contributed by atoms with Crippen LogP contribution in [0.4, 0.5) is 5.82 Å². The molecule has 0 spiro atoms. The largest absolute Gasteiger partial charge is 0.344 e. The molecule has 0 bridgehead atoms. The van der Waals surface area contributed by atoms with Gasteiger partial charge in [-0.1, -0.05) is 41.4 Å². The van der Waals surface area contributed by atoms with E-state index in [9.17, 15) is 0 Å².